The monoisotopic (exact) mass is 331 g/mol. The van der Waals surface area contributed by atoms with Gasteiger partial charge in [0.05, 0.1) is 17.3 Å². The van der Waals surface area contributed by atoms with Gasteiger partial charge in [-0.15, -0.1) is 0 Å². The number of para-hydroxylation sites is 1. The first-order valence-electron chi connectivity index (χ1n) is 7.22. The van der Waals surface area contributed by atoms with Gasteiger partial charge >= 0.3 is 0 Å². The lowest BCUT2D eigenvalue weighted by atomic mass is 10.2. The fraction of sp³-hybridized carbons (Fsp3) is 0.167. The van der Waals surface area contributed by atoms with Crippen LogP contribution >= 0.6 is 11.6 Å². The molecule has 0 aromatic heterocycles. The van der Waals surface area contributed by atoms with Crippen LogP contribution in [0.3, 0.4) is 0 Å². The smallest absolute Gasteiger partial charge is 0.255 e. The summed E-state index contributed by atoms with van der Waals surface area (Å²) in [5, 5.41) is 3.26. The summed E-state index contributed by atoms with van der Waals surface area (Å²) < 4.78 is 11.0. The minimum absolute atomic E-state index is 0.269. The van der Waals surface area contributed by atoms with Crippen LogP contribution in [0.5, 0.6) is 11.5 Å². The SMILES string of the molecule is C=CCOc1ccc(C(=O)Nc2ccccc2Cl)cc1OCC. The molecule has 0 bridgehead atoms. The molecule has 0 aliphatic heterocycles. The van der Waals surface area contributed by atoms with E-state index >= 15 is 0 Å². The Morgan fingerprint density at radius 3 is 2.70 bits per heavy atom. The van der Waals surface area contributed by atoms with Gasteiger partial charge < -0.3 is 14.8 Å². The molecule has 2 aromatic rings. The molecule has 0 saturated carbocycles. The number of amides is 1. The Morgan fingerprint density at radius 2 is 2.00 bits per heavy atom. The number of benzene rings is 2. The van der Waals surface area contributed by atoms with Gasteiger partial charge in [0.25, 0.3) is 5.91 Å². The maximum Gasteiger partial charge on any atom is 0.255 e. The number of hydrogen-bond donors (Lipinski definition) is 1. The third-order valence-electron chi connectivity index (χ3n) is 2.98. The fourth-order valence-electron chi connectivity index (χ4n) is 1.94. The maximum atomic E-state index is 12.4. The number of rotatable bonds is 7. The van der Waals surface area contributed by atoms with Crippen LogP contribution in [0, 0.1) is 0 Å². The quantitative estimate of drug-likeness (QED) is 0.757. The number of carbonyl (C=O) groups is 1. The molecule has 0 saturated heterocycles. The van der Waals surface area contributed by atoms with Gasteiger partial charge in [0.15, 0.2) is 11.5 Å². The molecule has 0 aliphatic rings. The van der Waals surface area contributed by atoms with Crippen LogP contribution in [0.1, 0.15) is 17.3 Å². The van der Waals surface area contributed by atoms with E-state index in [1.165, 1.54) is 0 Å². The van der Waals surface area contributed by atoms with Gasteiger partial charge in [0.2, 0.25) is 0 Å². The Morgan fingerprint density at radius 1 is 1.22 bits per heavy atom. The van der Waals surface area contributed by atoms with Gasteiger partial charge in [-0.25, -0.2) is 0 Å². The van der Waals surface area contributed by atoms with E-state index in [4.69, 9.17) is 21.1 Å². The summed E-state index contributed by atoms with van der Waals surface area (Å²) in [4.78, 5) is 12.4. The molecule has 0 unspecified atom stereocenters. The van der Waals surface area contributed by atoms with Crippen LogP contribution in [0.15, 0.2) is 55.1 Å². The number of hydrogen-bond acceptors (Lipinski definition) is 3. The number of ether oxygens (including phenoxy) is 2. The zero-order chi connectivity index (χ0) is 16.7. The summed E-state index contributed by atoms with van der Waals surface area (Å²) in [6.45, 7) is 6.32. The second-order valence-electron chi connectivity index (χ2n) is 4.63. The Bertz CT molecular complexity index is 700. The molecule has 1 N–H and O–H groups in total. The topological polar surface area (TPSA) is 47.6 Å². The molecule has 120 valence electrons. The van der Waals surface area contributed by atoms with Crippen molar-refractivity contribution < 1.29 is 14.3 Å². The highest BCUT2D eigenvalue weighted by atomic mass is 35.5. The van der Waals surface area contributed by atoms with Crippen molar-refractivity contribution in [3.8, 4) is 11.5 Å². The van der Waals surface area contributed by atoms with Crippen molar-refractivity contribution in [1.29, 1.82) is 0 Å². The van der Waals surface area contributed by atoms with Crippen molar-refractivity contribution >= 4 is 23.2 Å². The first-order valence-corrected chi connectivity index (χ1v) is 7.60. The highest BCUT2D eigenvalue weighted by Gasteiger charge is 2.12. The first-order chi connectivity index (χ1) is 11.2. The number of carbonyl (C=O) groups excluding carboxylic acids is 1. The normalized spacial score (nSPS) is 10.0. The summed E-state index contributed by atoms with van der Waals surface area (Å²) in [5.74, 6) is 0.816. The zero-order valence-electron chi connectivity index (χ0n) is 12.8. The molecule has 0 spiro atoms. The predicted molar refractivity (Wildman–Crippen MR) is 92.7 cm³/mol. The molecule has 1 amide bonds. The van der Waals surface area contributed by atoms with Crippen LogP contribution < -0.4 is 14.8 Å². The largest absolute Gasteiger partial charge is 0.490 e. The van der Waals surface area contributed by atoms with Gasteiger partial charge in [-0.3, -0.25) is 4.79 Å². The van der Waals surface area contributed by atoms with Gasteiger partial charge in [-0.2, -0.15) is 0 Å². The van der Waals surface area contributed by atoms with Crippen molar-refractivity contribution in [3.63, 3.8) is 0 Å². The summed E-state index contributed by atoms with van der Waals surface area (Å²) in [6, 6.07) is 12.1. The second-order valence-corrected chi connectivity index (χ2v) is 5.04. The van der Waals surface area contributed by atoms with E-state index in [9.17, 15) is 4.79 Å². The minimum Gasteiger partial charge on any atom is -0.490 e. The second kappa shape index (κ2) is 8.25. The Balaban J connectivity index is 2.21. The van der Waals surface area contributed by atoms with E-state index in [2.05, 4.69) is 11.9 Å². The van der Waals surface area contributed by atoms with Gasteiger partial charge in [0.1, 0.15) is 6.61 Å². The first kappa shape index (κ1) is 16.9. The van der Waals surface area contributed by atoms with Crippen molar-refractivity contribution in [2.24, 2.45) is 0 Å². The van der Waals surface area contributed by atoms with Crippen LogP contribution in [0.2, 0.25) is 5.02 Å². The maximum absolute atomic E-state index is 12.4. The molecule has 5 heteroatoms. The van der Waals surface area contributed by atoms with Crippen molar-refractivity contribution in [2.75, 3.05) is 18.5 Å². The fourth-order valence-corrected chi connectivity index (χ4v) is 2.13. The summed E-state index contributed by atoms with van der Waals surface area (Å²) in [7, 11) is 0. The van der Waals surface area contributed by atoms with E-state index in [-0.39, 0.29) is 5.91 Å². The highest BCUT2D eigenvalue weighted by Crippen LogP contribution is 2.29. The molecule has 0 aliphatic carbocycles. The third kappa shape index (κ3) is 4.50. The Kier molecular flexibility index (Phi) is 6.06. The molecular formula is C18H18ClNO3. The van der Waals surface area contributed by atoms with Gasteiger partial charge in [0, 0.05) is 5.56 Å². The molecule has 0 atom stereocenters. The van der Waals surface area contributed by atoms with Crippen LogP contribution in [-0.2, 0) is 0 Å². The van der Waals surface area contributed by atoms with E-state index in [0.29, 0.717) is 41.0 Å². The molecule has 23 heavy (non-hydrogen) atoms. The molecule has 0 heterocycles. The standard InChI is InChI=1S/C18H18ClNO3/c1-3-11-23-16-10-9-13(12-17(16)22-4-2)18(21)20-15-8-6-5-7-14(15)19/h3,5-10,12H,1,4,11H2,2H3,(H,20,21). The number of halogens is 1. The molecular weight excluding hydrogens is 314 g/mol. The van der Waals surface area contributed by atoms with Gasteiger partial charge in [-0.05, 0) is 37.3 Å². The molecule has 2 rings (SSSR count). The van der Waals surface area contributed by atoms with Crippen molar-refractivity contribution in [3.05, 3.63) is 65.7 Å². The lowest BCUT2D eigenvalue weighted by Gasteiger charge is -2.13. The van der Waals surface area contributed by atoms with E-state index in [0.717, 1.165) is 0 Å². The summed E-state index contributed by atoms with van der Waals surface area (Å²) >= 11 is 6.05. The van der Waals surface area contributed by atoms with E-state index in [1.54, 1.807) is 48.5 Å². The molecule has 2 aromatic carbocycles. The zero-order valence-corrected chi connectivity index (χ0v) is 13.6. The van der Waals surface area contributed by atoms with Crippen LogP contribution in [-0.4, -0.2) is 19.1 Å². The molecule has 0 radical (unpaired) electrons. The lowest BCUT2D eigenvalue weighted by Crippen LogP contribution is -2.12. The predicted octanol–water partition coefficient (Wildman–Crippen LogP) is 4.56. The van der Waals surface area contributed by atoms with Gasteiger partial charge in [-0.1, -0.05) is 36.4 Å². The van der Waals surface area contributed by atoms with E-state index < -0.39 is 0 Å². The number of anilines is 1. The number of nitrogens with one attached hydrogen (secondary N) is 1. The average Bonchev–Trinajstić information content (AvgIpc) is 2.56. The minimum atomic E-state index is -0.269. The highest BCUT2D eigenvalue weighted by molar-refractivity contribution is 6.33. The Hall–Kier alpha value is -2.46. The van der Waals surface area contributed by atoms with Crippen molar-refractivity contribution in [2.45, 2.75) is 6.92 Å². The Labute approximate surface area is 140 Å². The molecule has 4 nitrogen and oxygen atoms in total. The third-order valence-corrected chi connectivity index (χ3v) is 3.31. The van der Waals surface area contributed by atoms with Crippen LogP contribution in [0.4, 0.5) is 5.69 Å². The summed E-state index contributed by atoms with van der Waals surface area (Å²) in [6.07, 6.45) is 1.65. The van der Waals surface area contributed by atoms with Crippen molar-refractivity contribution in [1.82, 2.24) is 0 Å². The van der Waals surface area contributed by atoms with E-state index in [1.807, 2.05) is 6.92 Å². The summed E-state index contributed by atoms with van der Waals surface area (Å²) in [5.41, 5.74) is 1.02. The molecule has 0 fully saturated rings. The average molecular weight is 332 g/mol. The lowest BCUT2D eigenvalue weighted by molar-refractivity contribution is 0.102. The van der Waals surface area contributed by atoms with Crippen LogP contribution in [0.25, 0.3) is 0 Å².